The van der Waals surface area contributed by atoms with E-state index < -0.39 is 11.2 Å². The molecular weight excluding hydrogens is 150 g/mol. The van der Waals surface area contributed by atoms with Crippen LogP contribution in [-0.4, -0.2) is 14.9 Å². The molecule has 6 nitrogen and oxygen atoms in total. The highest BCUT2D eigenvalue weighted by Crippen LogP contribution is 1.78. The maximum absolute atomic E-state index is 10.6. The van der Waals surface area contributed by atoms with Gasteiger partial charge in [-0.05, 0) is 0 Å². The van der Waals surface area contributed by atoms with Gasteiger partial charge in [0.2, 0.25) is 0 Å². The lowest BCUT2D eigenvalue weighted by Crippen LogP contribution is -2.29. The average Bonchev–Trinajstić information content (AvgIpc) is 1.97. The van der Waals surface area contributed by atoms with Crippen LogP contribution in [0.25, 0.3) is 0 Å². The van der Waals surface area contributed by atoms with Crippen molar-refractivity contribution in [3.63, 3.8) is 0 Å². The Morgan fingerprint density at radius 3 is 2.82 bits per heavy atom. The Bertz CT molecular complexity index is 422. The van der Waals surface area contributed by atoms with Crippen molar-refractivity contribution in [3.8, 4) is 6.07 Å². The van der Waals surface area contributed by atoms with Crippen molar-refractivity contribution >= 4 is 0 Å². The highest BCUT2D eigenvalue weighted by atomic mass is 16.5. The van der Waals surface area contributed by atoms with Crippen molar-refractivity contribution in [1.82, 2.24) is 9.71 Å². The summed E-state index contributed by atoms with van der Waals surface area (Å²) in [6, 6.07) is 1.50. The van der Waals surface area contributed by atoms with Gasteiger partial charge >= 0.3 is 5.69 Å². The van der Waals surface area contributed by atoms with Gasteiger partial charge in [-0.3, -0.25) is 9.78 Å². The van der Waals surface area contributed by atoms with E-state index in [2.05, 4.69) is 0 Å². The SMILES string of the molecule is N#Cc1cn(O)c(=O)[nH]c1=O. The summed E-state index contributed by atoms with van der Waals surface area (Å²) in [6.45, 7) is 0. The van der Waals surface area contributed by atoms with E-state index in [0.717, 1.165) is 6.20 Å². The van der Waals surface area contributed by atoms with E-state index in [9.17, 15) is 9.59 Å². The third-order valence-corrected chi connectivity index (χ3v) is 1.05. The standard InChI is InChI=1S/C5H3N3O3/c6-1-3-2-8(11)5(10)7-4(3)9/h2,11H,(H,7,9,10). The van der Waals surface area contributed by atoms with Gasteiger partial charge in [-0.15, -0.1) is 4.73 Å². The Morgan fingerprint density at radius 2 is 2.27 bits per heavy atom. The fraction of sp³-hybridized carbons (Fsp3) is 0. The first-order valence-electron chi connectivity index (χ1n) is 2.60. The summed E-state index contributed by atoms with van der Waals surface area (Å²) < 4.78 is 0.139. The van der Waals surface area contributed by atoms with E-state index in [1.165, 1.54) is 6.07 Å². The van der Waals surface area contributed by atoms with Gasteiger partial charge in [-0.2, -0.15) is 5.26 Å². The molecule has 1 aromatic heterocycles. The number of rotatable bonds is 0. The molecule has 1 aromatic rings. The van der Waals surface area contributed by atoms with E-state index in [-0.39, 0.29) is 10.3 Å². The predicted octanol–water partition coefficient (Wildman–Crippen LogP) is -1.35. The Hall–Kier alpha value is -2.03. The van der Waals surface area contributed by atoms with Crippen molar-refractivity contribution < 1.29 is 5.21 Å². The summed E-state index contributed by atoms with van der Waals surface area (Å²) in [5, 5.41) is 16.9. The minimum Gasteiger partial charge on any atom is -0.424 e. The van der Waals surface area contributed by atoms with Gasteiger partial charge in [-0.25, -0.2) is 4.79 Å². The smallest absolute Gasteiger partial charge is 0.361 e. The molecule has 2 N–H and O–H groups in total. The molecule has 0 atom stereocenters. The van der Waals surface area contributed by atoms with Crippen LogP contribution in [0.5, 0.6) is 0 Å². The van der Waals surface area contributed by atoms with Crippen LogP contribution in [0.1, 0.15) is 5.56 Å². The molecule has 0 radical (unpaired) electrons. The van der Waals surface area contributed by atoms with Crippen molar-refractivity contribution in [2.75, 3.05) is 0 Å². The van der Waals surface area contributed by atoms with E-state index in [0.29, 0.717) is 0 Å². The Morgan fingerprint density at radius 1 is 1.64 bits per heavy atom. The van der Waals surface area contributed by atoms with E-state index in [1.807, 2.05) is 0 Å². The second kappa shape index (κ2) is 2.30. The molecular formula is C5H3N3O3. The summed E-state index contributed by atoms with van der Waals surface area (Å²) in [4.78, 5) is 22.8. The zero-order valence-electron chi connectivity index (χ0n) is 5.24. The first-order chi connectivity index (χ1) is 5.15. The first kappa shape index (κ1) is 7.08. The van der Waals surface area contributed by atoms with Crippen molar-refractivity contribution in [2.24, 2.45) is 0 Å². The third-order valence-electron chi connectivity index (χ3n) is 1.05. The molecule has 0 aliphatic heterocycles. The number of nitrogens with zero attached hydrogens (tertiary/aromatic N) is 2. The van der Waals surface area contributed by atoms with Crippen LogP contribution >= 0.6 is 0 Å². The maximum Gasteiger partial charge on any atom is 0.361 e. The van der Waals surface area contributed by atoms with Gasteiger partial charge in [0.15, 0.2) is 0 Å². The second-order valence-electron chi connectivity index (χ2n) is 1.76. The molecule has 0 unspecified atom stereocenters. The van der Waals surface area contributed by atoms with Gasteiger partial charge in [0, 0.05) is 0 Å². The topological polar surface area (TPSA) is 98.9 Å². The van der Waals surface area contributed by atoms with Crippen molar-refractivity contribution in [1.29, 1.82) is 5.26 Å². The summed E-state index contributed by atoms with van der Waals surface area (Å²) in [6.07, 6.45) is 0.751. The molecule has 11 heavy (non-hydrogen) atoms. The normalized spacial score (nSPS) is 9.00. The predicted molar refractivity (Wildman–Crippen MR) is 33.2 cm³/mol. The Kier molecular flexibility index (Phi) is 1.48. The molecule has 56 valence electrons. The van der Waals surface area contributed by atoms with Crippen LogP contribution in [0.3, 0.4) is 0 Å². The van der Waals surface area contributed by atoms with Gasteiger partial charge in [-0.1, -0.05) is 0 Å². The fourth-order valence-corrected chi connectivity index (χ4v) is 0.541. The molecule has 0 amide bonds. The van der Waals surface area contributed by atoms with E-state index >= 15 is 0 Å². The molecule has 1 rings (SSSR count). The largest absolute Gasteiger partial charge is 0.424 e. The average molecular weight is 153 g/mol. The van der Waals surface area contributed by atoms with Crippen LogP contribution in [0.4, 0.5) is 0 Å². The lowest BCUT2D eigenvalue weighted by molar-refractivity contribution is 0.169. The number of aromatic amines is 1. The quantitative estimate of drug-likeness (QED) is 0.450. The summed E-state index contributed by atoms with van der Waals surface area (Å²) in [5.74, 6) is 0. The maximum atomic E-state index is 10.6. The lowest BCUT2D eigenvalue weighted by atomic mass is 10.4. The molecule has 0 aliphatic rings. The van der Waals surface area contributed by atoms with Crippen LogP contribution in [-0.2, 0) is 0 Å². The first-order valence-corrected chi connectivity index (χ1v) is 2.60. The van der Waals surface area contributed by atoms with Gasteiger partial charge in [0.1, 0.15) is 11.6 Å². The highest BCUT2D eigenvalue weighted by Gasteiger charge is 2.00. The van der Waals surface area contributed by atoms with Gasteiger partial charge < -0.3 is 5.21 Å². The number of hydrogen-bond acceptors (Lipinski definition) is 4. The highest BCUT2D eigenvalue weighted by molar-refractivity contribution is 5.21. The molecule has 0 aromatic carbocycles. The molecule has 0 spiro atoms. The van der Waals surface area contributed by atoms with Crippen LogP contribution in [0.15, 0.2) is 15.8 Å². The van der Waals surface area contributed by atoms with Crippen LogP contribution in [0.2, 0.25) is 0 Å². The van der Waals surface area contributed by atoms with Gasteiger partial charge in [0.25, 0.3) is 5.56 Å². The zero-order valence-corrected chi connectivity index (χ0v) is 5.24. The van der Waals surface area contributed by atoms with Crippen molar-refractivity contribution in [2.45, 2.75) is 0 Å². The van der Waals surface area contributed by atoms with Crippen LogP contribution < -0.4 is 11.2 Å². The van der Waals surface area contributed by atoms with E-state index in [4.69, 9.17) is 10.5 Å². The molecule has 6 heteroatoms. The summed E-state index contributed by atoms with van der Waals surface area (Å²) >= 11 is 0. The number of hydrogen-bond donors (Lipinski definition) is 2. The molecule has 1 heterocycles. The fourth-order valence-electron chi connectivity index (χ4n) is 0.541. The minimum absolute atomic E-state index is 0.139. The molecule has 0 saturated heterocycles. The summed E-state index contributed by atoms with van der Waals surface area (Å²) in [7, 11) is 0. The second-order valence-corrected chi connectivity index (χ2v) is 1.76. The van der Waals surface area contributed by atoms with Crippen LogP contribution in [0, 0.1) is 11.3 Å². The van der Waals surface area contributed by atoms with Crippen molar-refractivity contribution in [3.05, 3.63) is 32.6 Å². The number of nitrogens with one attached hydrogen (secondary N) is 1. The molecule has 0 fully saturated rings. The summed E-state index contributed by atoms with van der Waals surface area (Å²) in [5.41, 5.74) is -2.08. The number of nitriles is 1. The Balaban J connectivity index is 3.61. The monoisotopic (exact) mass is 153 g/mol. The molecule has 0 aliphatic carbocycles. The minimum atomic E-state index is -0.964. The molecule has 0 saturated carbocycles. The Labute approximate surface area is 59.9 Å². The third kappa shape index (κ3) is 1.11. The lowest BCUT2D eigenvalue weighted by Gasteiger charge is -1.91. The van der Waals surface area contributed by atoms with E-state index in [1.54, 1.807) is 4.98 Å². The number of H-pyrrole nitrogens is 1. The molecule has 0 bridgehead atoms. The number of aromatic nitrogens is 2. The zero-order chi connectivity index (χ0) is 8.43. The van der Waals surface area contributed by atoms with Gasteiger partial charge in [0.05, 0.1) is 6.20 Å².